The molecule has 2 heterocycles. The summed E-state index contributed by atoms with van der Waals surface area (Å²) in [6.45, 7) is 17.2. The molecule has 1 amide bonds. The number of nitrogens with one attached hydrogen (secondary N) is 1. The van der Waals surface area contributed by atoms with E-state index in [0.29, 0.717) is 12.2 Å². The predicted molar refractivity (Wildman–Crippen MR) is 99.9 cm³/mol. The highest BCUT2D eigenvalue weighted by Gasteiger charge is 2.33. The molecule has 2 rings (SSSR count). The van der Waals surface area contributed by atoms with Crippen LogP contribution in [0.15, 0.2) is 6.07 Å². The van der Waals surface area contributed by atoms with E-state index in [4.69, 9.17) is 4.74 Å². The first-order chi connectivity index (χ1) is 11.4. The standard InChI is InChI=1S/C19H34N4O2/c1-13-10-23(11-14(2)25-13)19(6,7)12-20-17(24)15-9-16(18(3,4)5)21-22(15)8/h9,13-14H,10-12H2,1-8H3,(H,20,24). The lowest BCUT2D eigenvalue weighted by atomic mass is 9.92. The smallest absolute Gasteiger partial charge is 0.269 e. The highest BCUT2D eigenvalue weighted by molar-refractivity contribution is 5.92. The van der Waals surface area contributed by atoms with E-state index < -0.39 is 0 Å². The average Bonchev–Trinajstić information content (AvgIpc) is 2.86. The molecule has 0 bridgehead atoms. The Morgan fingerprint density at radius 2 is 1.80 bits per heavy atom. The summed E-state index contributed by atoms with van der Waals surface area (Å²) in [4.78, 5) is 15.0. The van der Waals surface area contributed by atoms with Crippen LogP contribution in [0.3, 0.4) is 0 Å². The average molecular weight is 351 g/mol. The van der Waals surface area contributed by atoms with Crippen molar-refractivity contribution in [2.45, 2.75) is 71.6 Å². The van der Waals surface area contributed by atoms with Crippen molar-refractivity contribution in [1.82, 2.24) is 20.0 Å². The number of aryl methyl sites for hydroxylation is 1. The van der Waals surface area contributed by atoms with E-state index in [2.05, 4.69) is 63.8 Å². The van der Waals surface area contributed by atoms with E-state index in [-0.39, 0.29) is 29.1 Å². The molecule has 6 nitrogen and oxygen atoms in total. The Hall–Kier alpha value is -1.40. The maximum absolute atomic E-state index is 12.6. The third-order valence-electron chi connectivity index (χ3n) is 4.84. The quantitative estimate of drug-likeness (QED) is 0.905. The lowest BCUT2D eigenvalue weighted by molar-refractivity contribution is -0.0948. The zero-order valence-corrected chi connectivity index (χ0v) is 17.0. The minimum atomic E-state index is -0.132. The van der Waals surface area contributed by atoms with Crippen LogP contribution in [-0.2, 0) is 17.2 Å². The third kappa shape index (κ3) is 4.82. The molecule has 1 N–H and O–H groups in total. The van der Waals surface area contributed by atoms with Crippen molar-refractivity contribution < 1.29 is 9.53 Å². The molecule has 1 aromatic heterocycles. The summed E-state index contributed by atoms with van der Waals surface area (Å²) >= 11 is 0. The first kappa shape index (κ1) is 19.9. The largest absolute Gasteiger partial charge is 0.373 e. The Kier molecular flexibility index (Phi) is 5.64. The molecule has 0 radical (unpaired) electrons. The van der Waals surface area contributed by atoms with Crippen LogP contribution in [-0.4, -0.2) is 58.0 Å². The normalized spacial score (nSPS) is 22.9. The summed E-state index contributed by atoms with van der Waals surface area (Å²) in [6, 6.07) is 1.89. The number of ether oxygens (including phenoxy) is 1. The number of amides is 1. The molecule has 2 atom stereocenters. The maximum Gasteiger partial charge on any atom is 0.269 e. The van der Waals surface area contributed by atoms with Gasteiger partial charge in [0, 0.05) is 37.6 Å². The fraction of sp³-hybridized carbons (Fsp3) is 0.789. The maximum atomic E-state index is 12.6. The van der Waals surface area contributed by atoms with Gasteiger partial charge in [-0.25, -0.2) is 0 Å². The van der Waals surface area contributed by atoms with Crippen LogP contribution in [0.5, 0.6) is 0 Å². The number of aromatic nitrogens is 2. The van der Waals surface area contributed by atoms with Crippen molar-refractivity contribution in [1.29, 1.82) is 0 Å². The van der Waals surface area contributed by atoms with E-state index in [1.54, 1.807) is 4.68 Å². The Labute approximate surface area is 151 Å². The lowest BCUT2D eigenvalue weighted by Crippen LogP contribution is -2.58. The number of nitrogens with zero attached hydrogens (tertiary/aromatic N) is 3. The highest BCUT2D eigenvalue weighted by atomic mass is 16.5. The molecule has 1 aromatic rings. The van der Waals surface area contributed by atoms with Gasteiger partial charge in [-0.3, -0.25) is 14.4 Å². The topological polar surface area (TPSA) is 59.4 Å². The molecule has 1 aliphatic heterocycles. The molecule has 0 aromatic carbocycles. The number of morpholine rings is 1. The van der Waals surface area contributed by atoms with Crippen LogP contribution in [0.2, 0.25) is 0 Å². The van der Waals surface area contributed by atoms with Crippen molar-refractivity contribution in [2.24, 2.45) is 7.05 Å². The first-order valence-corrected chi connectivity index (χ1v) is 9.13. The van der Waals surface area contributed by atoms with E-state index in [1.807, 2.05) is 13.1 Å². The van der Waals surface area contributed by atoms with E-state index in [9.17, 15) is 4.79 Å². The van der Waals surface area contributed by atoms with Crippen LogP contribution in [0, 0.1) is 0 Å². The van der Waals surface area contributed by atoms with Gasteiger partial charge < -0.3 is 10.1 Å². The third-order valence-corrected chi connectivity index (χ3v) is 4.84. The highest BCUT2D eigenvalue weighted by Crippen LogP contribution is 2.22. The van der Waals surface area contributed by atoms with Gasteiger partial charge in [-0.15, -0.1) is 0 Å². The SMILES string of the molecule is CC1CN(C(C)(C)CNC(=O)c2cc(C(C)(C)C)nn2C)CC(C)O1. The molecule has 142 valence electrons. The molecule has 6 heteroatoms. The first-order valence-electron chi connectivity index (χ1n) is 9.13. The second-order valence-corrected chi connectivity index (χ2v) is 8.95. The van der Waals surface area contributed by atoms with Crippen LogP contribution in [0.4, 0.5) is 0 Å². The summed E-state index contributed by atoms with van der Waals surface area (Å²) in [7, 11) is 1.82. The monoisotopic (exact) mass is 350 g/mol. The van der Waals surface area contributed by atoms with Gasteiger partial charge in [0.25, 0.3) is 5.91 Å². The lowest BCUT2D eigenvalue weighted by Gasteiger charge is -2.45. The van der Waals surface area contributed by atoms with E-state index in [0.717, 1.165) is 18.8 Å². The second kappa shape index (κ2) is 7.08. The van der Waals surface area contributed by atoms with Crippen molar-refractivity contribution in [3.05, 3.63) is 17.5 Å². The fourth-order valence-corrected chi connectivity index (χ4v) is 3.22. The zero-order chi connectivity index (χ0) is 19.0. The van der Waals surface area contributed by atoms with Gasteiger partial charge in [-0.1, -0.05) is 20.8 Å². The van der Waals surface area contributed by atoms with Crippen molar-refractivity contribution in [3.63, 3.8) is 0 Å². The summed E-state index contributed by atoms with van der Waals surface area (Å²) in [5.41, 5.74) is 1.32. The molecule has 0 aliphatic carbocycles. The molecule has 1 aliphatic rings. The molecule has 1 fully saturated rings. The number of carbonyl (C=O) groups is 1. The molecular formula is C19H34N4O2. The van der Waals surface area contributed by atoms with Crippen molar-refractivity contribution in [3.8, 4) is 0 Å². The Balaban J connectivity index is 2.02. The molecule has 0 spiro atoms. The number of hydrogen-bond acceptors (Lipinski definition) is 4. The minimum Gasteiger partial charge on any atom is -0.373 e. The molecule has 2 unspecified atom stereocenters. The molecular weight excluding hydrogens is 316 g/mol. The van der Waals surface area contributed by atoms with Crippen molar-refractivity contribution in [2.75, 3.05) is 19.6 Å². The zero-order valence-electron chi connectivity index (χ0n) is 17.0. The van der Waals surface area contributed by atoms with Crippen LogP contribution < -0.4 is 5.32 Å². The minimum absolute atomic E-state index is 0.0738. The number of rotatable bonds is 4. The number of carbonyl (C=O) groups excluding carboxylic acids is 1. The summed E-state index contributed by atoms with van der Waals surface area (Å²) in [6.07, 6.45) is 0.426. The van der Waals surface area contributed by atoms with Gasteiger partial charge in [0.2, 0.25) is 0 Å². The van der Waals surface area contributed by atoms with Crippen LogP contribution in [0.25, 0.3) is 0 Å². The van der Waals surface area contributed by atoms with Gasteiger partial charge in [0.05, 0.1) is 17.9 Å². The van der Waals surface area contributed by atoms with Gasteiger partial charge in [0.1, 0.15) is 5.69 Å². The second-order valence-electron chi connectivity index (χ2n) is 8.95. The Morgan fingerprint density at radius 3 is 2.28 bits per heavy atom. The molecule has 25 heavy (non-hydrogen) atoms. The Morgan fingerprint density at radius 1 is 1.24 bits per heavy atom. The van der Waals surface area contributed by atoms with Gasteiger partial charge in [-0.2, -0.15) is 5.10 Å². The summed E-state index contributed by atoms with van der Waals surface area (Å²) < 4.78 is 7.48. The predicted octanol–water partition coefficient (Wildman–Crippen LogP) is 2.34. The molecule has 0 saturated carbocycles. The van der Waals surface area contributed by atoms with Gasteiger partial charge in [0.15, 0.2) is 0 Å². The van der Waals surface area contributed by atoms with Gasteiger partial charge in [-0.05, 0) is 33.8 Å². The summed E-state index contributed by atoms with van der Waals surface area (Å²) in [5, 5.41) is 7.58. The molecule has 1 saturated heterocycles. The van der Waals surface area contributed by atoms with Crippen molar-refractivity contribution >= 4 is 5.91 Å². The Bertz CT molecular complexity index is 605. The summed E-state index contributed by atoms with van der Waals surface area (Å²) in [5.74, 6) is -0.0760. The van der Waals surface area contributed by atoms with E-state index >= 15 is 0 Å². The van der Waals surface area contributed by atoms with Gasteiger partial charge >= 0.3 is 0 Å². The van der Waals surface area contributed by atoms with Crippen LogP contribution >= 0.6 is 0 Å². The number of hydrogen-bond donors (Lipinski definition) is 1. The van der Waals surface area contributed by atoms with Crippen LogP contribution in [0.1, 0.15) is 64.6 Å². The fourth-order valence-electron chi connectivity index (χ4n) is 3.22. The van der Waals surface area contributed by atoms with E-state index in [1.165, 1.54) is 0 Å².